The first-order chi connectivity index (χ1) is 7.13. The molecule has 0 atom stereocenters. The molecule has 0 radical (unpaired) electrons. The molecule has 0 saturated heterocycles. The molecule has 3 nitrogen and oxygen atoms in total. The molecule has 3 heteroatoms. The Morgan fingerprint density at radius 3 is 2.73 bits per heavy atom. The third-order valence-electron chi connectivity index (χ3n) is 2.49. The molecular weight excluding hydrogens is 186 g/mol. The van der Waals surface area contributed by atoms with Gasteiger partial charge in [-0.3, -0.25) is 0 Å². The number of hydrogen-bond acceptors (Lipinski definition) is 1. The molecule has 0 N–H and O–H groups in total. The van der Waals surface area contributed by atoms with Crippen LogP contribution >= 0.6 is 0 Å². The van der Waals surface area contributed by atoms with E-state index in [1.807, 2.05) is 25.1 Å². The van der Waals surface area contributed by atoms with Crippen molar-refractivity contribution in [2.75, 3.05) is 0 Å². The Bertz CT molecular complexity index is 544. The lowest BCUT2D eigenvalue weighted by Gasteiger charge is -2.10. The highest BCUT2D eigenvalue weighted by molar-refractivity contribution is 5.80. The molecule has 0 saturated carbocycles. The van der Waals surface area contributed by atoms with E-state index in [1.54, 1.807) is 0 Å². The minimum atomic E-state index is 0.397. The zero-order valence-corrected chi connectivity index (χ0v) is 9.15. The van der Waals surface area contributed by atoms with Gasteiger partial charge in [-0.05, 0) is 32.9 Å². The molecule has 0 aliphatic carbocycles. The molecule has 0 bridgehead atoms. The fourth-order valence-electron chi connectivity index (χ4n) is 1.93. The van der Waals surface area contributed by atoms with E-state index in [-0.39, 0.29) is 0 Å². The Balaban J connectivity index is 2.75. The van der Waals surface area contributed by atoms with Crippen LogP contribution in [0.1, 0.15) is 25.7 Å². The van der Waals surface area contributed by atoms with Crippen LogP contribution in [0.5, 0.6) is 0 Å². The van der Waals surface area contributed by atoms with Crippen LogP contribution < -0.4 is 0 Å². The van der Waals surface area contributed by atoms with Gasteiger partial charge in [-0.2, -0.15) is 0 Å². The Kier molecular flexibility index (Phi) is 2.20. The minimum absolute atomic E-state index is 0.397. The van der Waals surface area contributed by atoms with Crippen LogP contribution in [0.3, 0.4) is 0 Å². The number of nitrogens with zero attached hydrogens (tertiary/aromatic N) is 3. The molecular formula is C12H13N3. The van der Waals surface area contributed by atoms with Gasteiger partial charge in [0.2, 0.25) is 0 Å². The first-order valence-corrected chi connectivity index (χ1v) is 4.99. The van der Waals surface area contributed by atoms with Gasteiger partial charge in [0.1, 0.15) is 5.82 Å². The van der Waals surface area contributed by atoms with E-state index in [2.05, 4.69) is 28.2 Å². The Morgan fingerprint density at radius 2 is 2.13 bits per heavy atom. The Hall–Kier alpha value is -1.82. The van der Waals surface area contributed by atoms with Crippen molar-refractivity contribution in [1.82, 2.24) is 9.55 Å². The van der Waals surface area contributed by atoms with Gasteiger partial charge in [-0.1, -0.05) is 6.07 Å². The predicted octanol–water partition coefficient (Wildman–Crippen LogP) is 3.48. The smallest absolute Gasteiger partial charge is 0.189 e. The van der Waals surface area contributed by atoms with Crippen molar-refractivity contribution < 1.29 is 0 Å². The van der Waals surface area contributed by atoms with Crippen LogP contribution in [0.25, 0.3) is 15.9 Å². The van der Waals surface area contributed by atoms with Gasteiger partial charge < -0.3 is 4.57 Å². The first-order valence-electron chi connectivity index (χ1n) is 4.99. The van der Waals surface area contributed by atoms with Gasteiger partial charge in [-0.25, -0.2) is 9.83 Å². The number of aryl methyl sites for hydroxylation is 1. The molecule has 0 aliphatic rings. The van der Waals surface area contributed by atoms with Gasteiger partial charge in [0.05, 0.1) is 17.6 Å². The van der Waals surface area contributed by atoms with Crippen molar-refractivity contribution in [3.63, 3.8) is 0 Å². The monoisotopic (exact) mass is 199 g/mol. The van der Waals surface area contributed by atoms with Crippen LogP contribution in [0.4, 0.5) is 5.69 Å². The van der Waals surface area contributed by atoms with E-state index < -0.39 is 0 Å². The fourth-order valence-corrected chi connectivity index (χ4v) is 1.93. The van der Waals surface area contributed by atoms with E-state index >= 15 is 0 Å². The predicted molar refractivity (Wildman–Crippen MR) is 61.1 cm³/mol. The zero-order chi connectivity index (χ0) is 11.0. The van der Waals surface area contributed by atoms with Gasteiger partial charge in [-0.15, -0.1) is 0 Å². The number of rotatable bonds is 1. The number of hydrogen-bond donors (Lipinski definition) is 0. The average Bonchev–Trinajstić information content (AvgIpc) is 2.52. The van der Waals surface area contributed by atoms with Gasteiger partial charge in [0, 0.05) is 6.04 Å². The number of benzene rings is 1. The SMILES string of the molecule is [C-]#[N+]c1ccc2c(c1)nc(C)n2C(C)C. The summed E-state index contributed by atoms with van der Waals surface area (Å²) in [5.41, 5.74) is 2.67. The third kappa shape index (κ3) is 1.48. The van der Waals surface area contributed by atoms with Crippen molar-refractivity contribution in [3.8, 4) is 0 Å². The summed E-state index contributed by atoms with van der Waals surface area (Å²) in [5.74, 6) is 1.00. The summed E-state index contributed by atoms with van der Waals surface area (Å²) in [4.78, 5) is 7.87. The molecule has 0 amide bonds. The Morgan fingerprint density at radius 1 is 1.40 bits per heavy atom. The summed E-state index contributed by atoms with van der Waals surface area (Å²) in [6.45, 7) is 13.2. The molecule has 15 heavy (non-hydrogen) atoms. The maximum atomic E-state index is 6.95. The van der Waals surface area contributed by atoms with E-state index in [4.69, 9.17) is 6.57 Å². The number of fused-ring (bicyclic) bond motifs is 1. The molecule has 1 aromatic heterocycles. The van der Waals surface area contributed by atoms with Crippen LogP contribution in [0.2, 0.25) is 0 Å². The zero-order valence-electron chi connectivity index (χ0n) is 9.15. The van der Waals surface area contributed by atoms with Crippen LogP contribution in [0, 0.1) is 13.5 Å². The highest BCUT2D eigenvalue weighted by atomic mass is 15.1. The van der Waals surface area contributed by atoms with Crippen molar-refractivity contribution in [2.45, 2.75) is 26.8 Å². The fraction of sp³-hybridized carbons (Fsp3) is 0.333. The molecule has 0 spiro atoms. The Labute approximate surface area is 89.2 Å². The third-order valence-corrected chi connectivity index (χ3v) is 2.49. The summed E-state index contributed by atoms with van der Waals surface area (Å²) in [7, 11) is 0. The van der Waals surface area contributed by atoms with Gasteiger partial charge >= 0.3 is 0 Å². The number of aromatic nitrogens is 2. The highest BCUT2D eigenvalue weighted by Gasteiger charge is 2.09. The topological polar surface area (TPSA) is 22.2 Å². The second-order valence-corrected chi connectivity index (χ2v) is 3.91. The van der Waals surface area contributed by atoms with Crippen molar-refractivity contribution in [2.24, 2.45) is 0 Å². The molecule has 0 fully saturated rings. The molecule has 2 rings (SSSR count). The molecule has 0 unspecified atom stereocenters. The van der Waals surface area contributed by atoms with E-state index in [9.17, 15) is 0 Å². The van der Waals surface area contributed by atoms with Crippen LogP contribution in [-0.2, 0) is 0 Å². The summed E-state index contributed by atoms with van der Waals surface area (Å²) in [6, 6.07) is 6.06. The van der Waals surface area contributed by atoms with Crippen molar-refractivity contribution in [3.05, 3.63) is 35.4 Å². The quantitative estimate of drug-likeness (QED) is 0.644. The standard InChI is InChI=1S/C12H13N3/c1-8(2)15-9(3)14-11-7-10(13-4)5-6-12(11)15/h5-8H,1-3H3. The molecule has 0 aliphatic heterocycles. The normalized spacial score (nSPS) is 10.9. The lowest BCUT2D eigenvalue weighted by Crippen LogP contribution is -2.02. The van der Waals surface area contributed by atoms with Crippen LogP contribution in [0.15, 0.2) is 18.2 Å². The lowest BCUT2D eigenvalue weighted by molar-refractivity contribution is 0.600. The highest BCUT2D eigenvalue weighted by Crippen LogP contribution is 2.24. The lowest BCUT2D eigenvalue weighted by atomic mass is 10.2. The summed E-state index contributed by atoms with van der Waals surface area (Å²) >= 11 is 0. The molecule has 1 heterocycles. The van der Waals surface area contributed by atoms with Crippen LogP contribution in [-0.4, -0.2) is 9.55 Å². The van der Waals surface area contributed by atoms with Crippen molar-refractivity contribution >= 4 is 16.7 Å². The number of imidazole rings is 1. The summed E-state index contributed by atoms with van der Waals surface area (Å²) in [6.07, 6.45) is 0. The maximum Gasteiger partial charge on any atom is 0.189 e. The summed E-state index contributed by atoms with van der Waals surface area (Å²) < 4.78 is 2.18. The largest absolute Gasteiger partial charge is 0.326 e. The molecule has 76 valence electrons. The second kappa shape index (κ2) is 3.39. The minimum Gasteiger partial charge on any atom is -0.326 e. The van der Waals surface area contributed by atoms with Gasteiger partial charge in [0.15, 0.2) is 5.69 Å². The molecule has 1 aromatic carbocycles. The first kappa shape index (κ1) is 9.72. The van der Waals surface area contributed by atoms with Gasteiger partial charge in [0.25, 0.3) is 0 Å². The van der Waals surface area contributed by atoms with E-state index in [0.717, 1.165) is 16.9 Å². The van der Waals surface area contributed by atoms with Crippen molar-refractivity contribution in [1.29, 1.82) is 0 Å². The second-order valence-electron chi connectivity index (χ2n) is 3.91. The van der Waals surface area contributed by atoms with E-state index in [1.165, 1.54) is 0 Å². The molecule has 2 aromatic rings. The average molecular weight is 199 g/mol. The van der Waals surface area contributed by atoms with E-state index in [0.29, 0.717) is 11.7 Å². The summed E-state index contributed by atoms with van der Waals surface area (Å²) in [5, 5.41) is 0. The maximum absolute atomic E-state index is 6.95.